The summed E-state index contributed by atoms with van der Waals surface area (Å²) in [5.41, 5.74) is 2.04. The van der Waals surface area contributed by atoms with Crippen LogP contribution < -0.4 is 5.32 Å². The van der Waals surface area contributed by atoms with Crippen LogP contribution >= 0.6 is 11.3 Å². The summed E-state index contributed by atoms with van der Waals surface area (Å²) in [5, 5.41) is 3.59. The topological polar surface area (TPSA) is 77.5 Å². The molecule has 1 amide bonds. The SMILES string of the molecule is Cc1sc(-c2ccco2)nc1C(=O)Nc1cccc(COCc2ccco2)c1. The van der Waals surface area contributed by atoms with Gasteiger partial charge in [-0.1, -0.05) is 12.1 Å². The van der Waals surface area contributed by atoms with Crippen LogP contribution in [0, 0.1) is 6.92 Å². The summed E-state index contributed by atoms with van der Waals surface area (Å²) >= 11 is 1.43. The van der Waals surface area contributed by atoms with Crippen molar-refractivity contribution in [1.29, 1.82) is 0 Å². The average Bonchev–Trinajstić information content (AvgIpc) is 3.44. The van der Waals surface area contributed by atoms with Crippen LogP contribution in [-0.2, 0) is 18.0 Å². The molecule has 142 valence electrons. The smallest absolute Gasteiger partial charge is 0.275 e. The lowest BCUT2D eigenvalue weighted by atomic mass is 10.2. The van der Waals surface area contributed by atoms with Gasteiger partial charge in [0.25, 0.3) is 5.91 Å². The van der Waals surface area contributed by atoms with Gasteiger partial charge in [0.15, 0.2) is 10.8 Å². The number of thiazole rings is 1. The first kappa shape index (κ1) is 18.2. The lowest BCUT2D eigenvalue weighted by molar-refractivity contribution is 0.0929. The fourth-order valence-electron chi connectivity index (χ4n) is 2.71. The maximum atomic E-state index is 12.7. The molecule has 3 heterocycles. The number of aromatic nitrogens is 1. The molecule has 0 aliphatic carbocycles. The second kappa shape index (κ2) is 8.24. The number of aryl methyl sites for hydroxylation is 1. The van der Waals surface area contributed by atoms with Gasteiger partial charge in [0, 0.05) is 10.6 Å². The third-order valence-electron chi connectivity index (χ3n) is 4.02. The van der Waals surface area contributed by atoms with Crippen molar-refractivity contribution in [3.8, 4) is 10.8 Å². The molecule has 0 radical (unpaired) electrons. The van der Waals surface area contributed by atoms with Crippen molar-refractivity contribution in [2.45, 2.75) is 20.1 Å². The van der Waals surface area contributed by atoms with E-state index >= 15 is 0 Å². The standard InChI is InChI=1S/C21H18N2O4S/c1-14-19(23-21(28-14)18-8-4-10-27-18)20(24)22-16-6-2-5-15(11-16)12-25-13-17-7-3-9-26-17/h2-11H,12-13H2,1H3,(H,22,24). The van der Waals surface area contributed by atoms with E-state index in [2.05, 4.69) is 10.3 Å². The number of rotatable bonds is 7. The van der Waals surface area contributed by atoms with Gasteiger partial charge in [0.05, 0.1) is 19.1 Å². The van der Waals surface area contributed by atoms with Gasteiger partial charge in [-0.15, -0.1) is 11.3 Å². The van der Waals surface area contributed by atoms with Crippen LogP contribution in [0.2, 0.25) is 0 Å². The van der Waals surface area contributed by atoms with Crippen LogP contribution in [0.15, 0.2) is 69.9 Å². The first-order valence-electron chi connectivity index (χ1n) is 8.71. The Morgan fingerprint density at radius 1 is 1.11 bits per heavy atom. The van der Waals surface area contributed by atoms with E-state index in [-0.39, 0.29) is 5.91 Å². The van der Waals surface area contributed by atoms with Crippen LogP contribution in [0.4, 0.5) is 5.69 Å². The molecule has 0 atom stereocenters. The van der Waals surface area contributed by atoms with E-state index in [4.69, 9.17) is 13.6 Å². The summed E-state index contributed by atoms with van der Waals surface area (Å²) in [6, 6.07) is 14.9. The fraction of sp³-hybridized carbons (Fsp3) is 0.143. The monoisotopic (exact) mass is 394 g/mol. The molecule has 0 saturated carbocycles. The molecular weight excluding hydrogens is 376 g/mol. The number of carbonyl (C=O) groups excluding carboxylic acids is 1. The Balaban J connectivity index is 1.40. The Bertz CT molecular complexity index is 1050. The van der Waals surface area contributed by atoms with Crippen LogP contribution in [0.25, 0.3) is 10.8 Å². The van der Waals surface area contributed by atoms with Gasteiger partial charge in [0.1, 0.15) is 18.1 Å². The fourth-order valence-corrected chi connectivity index (χ4v) is 3.58. The zero-order valence-corrected chi connectivity index (χ0v) is 16.0. The van der Waals surface area contributed by atoms with Crippen LogP contribution in [-0.4, -0.2) is 10.9 Å². The van der Waals surface area contributed by atoms with Gasteiger partial charge in [0.2, 0.25) is 0 Å². The molecule has 28 heavy (non-hydrogen) atoms. The molecule has 0 bridgehead atoms. The van der Waals surface area contributed by atoms with Crippen molar-refractivity contribution in [2.75, 3.05) is 5.32 Å². The third-order valence-corrected chi connectivity index (χ3v) is 5.01. The van der Waals surface area contributed by atoms with E-state index in [0.29, 0.717) is 35.4 Å². The number of ether oxygens (including phenoxy) is 1. The Hall–Kier alpha value is -3.16. The van der Waals surface area contributed by atoms with Gasteiger partial charge in [-0.05, 0) is 48.9 Å². The highest BCUT2D eigenvalue weighted by atomic mass is 32.1. The number of hydrogen-bond acceptors (Lipinski definition) is 6. The molecule has 4 rings (SSSR count). The number of nitrogens with zero attached hydrogens (tertiary/aromatic N) is 1. The molecule has 3 aromatic heterocycles. The maximum absolute atomic E-state index is 12.7. The van der Waals surface area contributed by atoms with E-state index in [1.807, 2.05) is 49.4 Å². The molecule has 0 aliphatic rings. The number of hydrogen-bond donors (Lipinski definition) is 1. The molecule has 0 fully saturated rings. The summed E-state index contributed by atoms with van der Waals surface area (Å²) < 4.78 is 16.2. The molecule has 4 aromatic rings. The lowest BCUT2D eigenvalue weighted by Gasteiger charge is -2.07. The first-order chi connectivity index (χ1) is 13.7. The third kappa shape index (κ3) is 4.21. The molecule has 1 aromatic carbocycles. The minimum absolute atomic E-state index is 0.250. The number of furan rings is 2. The Kier molecular flexibility index (Phi) is 5.36. The van der Waals surface area contributed by atoms with Gasteiger partial charge in [-0.2, -0.15) is 0 Å². The van der Waals surface area contributed by atoms with Crippen LogP contribution in [0.3, 0.4) is 0 Å². The molecule has 0 spiro atoms. The average molecular weight is 394 g/mol. The maximum Gasteiger partial charge on any atom is 0.275 e. The minimum Gasteiger partial charge on any atom is -0.467 e. The molecular formula is C21H18N2O4S. The highest BCUT2D eigenvalue weighted by Gasteiger charge is 2.17. The van der Waals surface area contributed by atoms with E-state index in [0.717, 1.165) is 16.2 Å². The van der Waals surface area contributed by atoms with Gasteiger partial charge in [-0.25, -0.2) is 4.98 Å². The van der Waals surface area contributed by atoms with Crippen LogP contribution in [0.5, 0.6) is 0 Å². The van der Waals surface area contributed by atoms with Crippen molar-refractivity contribution < 1.29 is 18.4 Å². The van der Waals surface area contributed by atoms with E-state index in [9.17, 15) is 4.79 Å². The normalized spacial score (nSPS) is 10.9. The Morgan fingerprint density at radius 2 is 1.96 bits per heavy atom. The minimum atomic E-state index is -0.250. The number of benzene rings is 1. The summed E-state index contributed by atoms with van der Waals surface area (Å²) in [6.45, 7) is 2.69. The number of carbonyl (C=O) groups is 1. The van der Waals surface area contributed by atoms with Crippen molar-refractivity contribution in [2.24, 2.45) is 0 Å². The van der Waals surface area contributed by atoms with Gasteiger partial charge >= 0.3 is 0 Å². The predicted octanol–water partition coefficient (Wildman–Crippen LogP) is 5.27. The molecule has 0 saturated heterocycles. The van der Waals surface area contributed by atoms with E-state index in [1.54, 1.807) is 18.6 Å². The summed E-state index contributed by atoms with van der Waals surface area (Å²) in [6.07, 6.45) is 3.21. The highest BCUT2D eigenvalue weighted by molar-refractivity contribution is 7.15. The molecule has 7 heteroatoms. The van der Waals surface area contributed by atoms with Crippen molar-refractivity contribution in [3.63, 3.8) is 0 Å². The second-order valence-corrected chi connectivity index (χ2v) is 7.33. The summed E-state index contributed by atoms with van der Waals surface area (Å²) in [7, 11) is 0. The molecule has 1 N–H and O–H groups in total. The molecule has 0 unspecified atom stereocenters. The summed E-state index contributed by atoms with van der Waals surface area (Å²) in [4.78, 5) is 17.9. The van der Waals surface area contributed by atoms with Crippen molar-refractivity contribution >= 4 is 22.9 Å². The highest BCUT2D eigenvalue weighted by Crippen LogP contribution is 2.28. The second-order valence-electron chi connectivity index (χ2n) is 6.13. The van der Waals surface area contributed by atoms with Crippen LogP contribution in [0.1, 0.15) is 26.7 Å². The van der Waals surface area contributed by atoms with E-state index in [1.165, 1.54) is 11.3 Å². The number of nitrogens with one attached hydrogen (secondary N) is 1. The largest absolute Gasteiger partial charge is 0.467 e. The molecule has 6 nitrogen and oxygen atoms in total. The van der Waals surface area contributed by atoms with Crippen molar-refractivity contribution in [1.82, 2.24) is 4.98 Å². The number of anilines is 1. The predicted molar refractivity (Wildman–Crippen MR) is 106 cm³/mol. The lowest BCUT2D eigenvalue weighted by Crippen LogP contribution is -2.13. The van der Waals surface area contributed by atoms with Gasteiger partial charge < -0.3 is 18.9 Å². The number of amides is 1. The summed E-state index contributed by atoms with van der Waals surface area (Å²) in [5.74, 6) is 1.18. The van der Waals surface area contributed by atoms with Gasteiger partial charge in [-0.3, -0.25) is 4.79 Å². The van der Waals surface area contributed by atoms with E-state index < -0.39 is 0 Å². The zero-order valence-electron chi connectivity index (χ0n) is 15.2. The zero-order chi connectivity index (χ0) is 19.3. The Labute approximate surface area is 165 Å². The molecule has 0 aliphatic heterocycles. The quantitative estimate of drug-likeness (QED) is 0.462. The Morgan fingerprint density at radius 3 is 2.75 bits per heavy atom. The van der Waals surface area contributed by atoms with Crippen molar-refractivity contribution in [3.05, 3.63) is 83.0 Å². The first-order valence-corrected chi connectivity index (χ1v) is 9.52.